The average Bonchev–Trinajstić information content (AvgIpc) is 2.54. The summed E-state index contributed by atoms with van der Waals surface area (Å²) >= 11 is 0. The zero-order valence-electron chi connectivity index (χ0n) is 12.5. The summed E-state index contributed by atoms with van der Waals surface area (Å²) in [5.41, 5.74) is 1.44. The predicted octanol–water partition coefficient (Wildman–Crippen LogP) is 2.67. The molecule has 0 fully saturated rings. The van der Waals surface area contributed by atoms with Gasteiger partial charge in [-0.15, -0.1) is 0 Å². The van der Waals surface area contributed by atoms with Crippen LogP contribution in [0, 0.1) is 17.2 Å². The predicted molar refractivity (Wildman–Crippen MR) is 84.5 cm³/mol. The van der Waals surface area contributed by atoms with Crippen LogP contribution in [0.25, 0.3) is 0 Å². The number of amides is 1. The van der Waals surface area contributed by atoms with E-state index in [0.29, 0.717) is 23.1 Å². The summed E-state index contributed by atoms with van der Waals surface area (Å²) in [6, 6.07) is 10.2. The molecule has 0 aliphatic heterocycles. The molecule has 112 valence electrons. The molecule has 0 unspecified atom stereocenters. The van der Waals surface area contributed by atoms with Gasteiger partial charge in [-0.05, 0) is 36.2 Å². The Morgan fingerprint density at radius 1 is 1.27 bits per heavy atom. The van der Waals surface area contributed by atoms with E-state index in [9.17, 15) is 4.79 Å². The Morgan fingerprint density at radius 3 is 2.64 bits per heavy atom. The molecule has 1 aromatic heterocycles. The Kier molecular flexibility index (Phi) is 5.04. The molecule has 0 saturated carbocycles. The topological polar surface area (TPSA) is 90.7 Å². The summed E-state index contributed by atoms with van der Waals surface area (Å²) in [7, 11) is 0. The van der Waals surface area contributed by atoms with Gasteiger partial charge in [0, 0.05) is 18.4 Å². The van der Waals surface area contributed by atoms with Crippen molar-refractivity contribution in [3.05, 3.63) is 47.8 Å². The molecule has 0 radical (unpaired) electrons. The number of carbonyl (C=O) groups is 1. The van der Waals surface area contributed by atoms with Crippen LogP contribution in [0.15, 0.2) is 36.5 Å². The van der Waals surface area contributed by atoms with E-state index in [0.717, 1.165) is 6.54 Å². The lowest BCUT2D eigenvalue weighted by molar-refractivity contribution is 0.102. The zero-order chi connectivity index (χ0) is 15.9. The van der Waals surface area contributed by atoms with Crippen LogP contribution < -0.4 is 10.6 Å². The summed E-state index contributed by atoms with van der Waals surface area (Å²) in [5, 5.41) is 14.6. The number of carbonyl (C=O) groups excluding carboxylic acids is 1. The summed E-state index contributed by atoms with van der Waals surface area (Å²) in [4.78, 5) is 20.4. The molecule has 0 atom stereocenters. The Labute approximate surface area is 129 Å². The van der Waals surface area contributed by atoms with Crippen molar-refractivity contribution < 1.29 is 4.79 Å². The second-order valence-corrected chi connectivity index (χ2v) is 5.18. The molecule has 2 rings (SSSR count). The number of hydrogen-bond donors (Lipinski definition) is 2. The summed E-state index contributed by atoms with van der Waals surface area (Å²) in [5.74, 6) is 0.570. The van der Waals surface area contributed by atoms with E-state index in [1.54, 1.807) is 36.5 Å². The minimum atomic E-state index is -0.320. The smallest absolute Gasteiger partial charge is 0.274 e. The molecule has 0 saturated heterocycles. The summed E-state index contributed by atoms with van der Waals surface area (Å²) in [6.45, 7) is 4.89. The van der Waals surface area contributed by atoms with E-state index < -0.39 is 0 Å². The van der Waals surface area contributed by atoms with Gasteiger partial charge in [0.2, 0.25) is 5.95 Å². The van der Waals surface area contributed by atoms with Gasteiger partial charge >= 0.3 is 0 Å². The van der Waals surface area contributed by atoms with Gasteiger partial charge in [-0.1, -0.05) is 13.8 Å². The first kappa shape index (κ1) is 15.4. The quantitative estimate of drug-likeness (QED) is 0.885. The summed E-state index contributed by atoms with van der Waals surface area (Å²) in [6.07, 6.45) is 1.54. The number of nitriles is 1. The normalized spacial score (nSPS) is 10.1. The molecule has 2 N–H and O–H groups in total. The van der Waals surface area contributed by atoms with Crippen molar-refractivity contribution in [2.75, 3.05) is 17.2 Å². The standard InChI is InChI=1S/C16H17N5O/c1-11(2)10-19-16-18-8-7-14(21-16)15(22)20-13-5-3-12(9-17)4-6-13/h3-8,11H,10H2,1-2H3,(H,20,22)(H,18,19,21). The van der Waals surface area contributed by atoms with Crippen LogP contribution in [-0.2, 0) is 0 Å². The van der Waals surface area contributed by atoms with Gasteiger partial charge in [-0.3, -0.25) is 4.79 Å². The highest BCUT2D eigenvalue weighted by Crippen LogP contribution is 2.11. The second-order valence-electron chi connectivity index (χ2n) is 5.18. The Balaban J connectivity index is 2.05. The number of anilines is 2. The minimum Gasteiger partial charge on any atom is -0.354 e. The molecular weight excluding hydrogens is 278 g/mol. The molecular formula is C16H17N5O. The first-order valence-electron chi connectivity index (χ1n) is 6.97. The number of nitrogens with zero attached hydrogens (tertiary/aromatic N) is 3. The fraction of sp³-hybridized carbons (Fsp3) is 0.250. The number of hydrogen-bond acceptors (Lipinski definition) is 5. The molecule has 0 spiro atoms. The third-order valence-corrected chi connectivity index (χ3v) is 2.83. The van der Waals surface area contributed by atoms with Crippen molar-refractivity contribution in [3.63, 3.8) is 0 Å². The fourth-order valence-electron chi connectivity index (χ4n) is 1.69. The van der Waals surface area contributed by atoms with E-state index in [1.165, 1.54) is 0 Å². The highest BCUT2D eigenvalue weighted by molar-refractivity contribution is 6.02. The average molecular weight is 295 g/mol. The maximum atomic E-state index is 12.2. The van der Waals surface area contributed by atoms with Crippen LogP contribution in [-0.4, -0.2) is 22.4 Å². The Bertz CT molecular complexity index is 688. The third kappa shape index (κ3) is 4.28. The van der Waals surface area contributed by atoms with E-state index in [2.05, 4.69) is 34.4 Å². The van der Waals surface area contributed by atoms with Crippen molar-refractivity contribution in [1.29, 1.82) is 5.26 Å². The molecule has 2 aromatic rings. The minimum absolute atomic E-state index is 0.283. The Hall–Kier alpha value is -2.94. The highest BCUT2D eigenvalue weighted by atomic mass is 16.1. The van der Waals surface area contributed by atoms with Crippen molar-refractivity contribution >= 4 is 17.5 Å². The lowest BCUT2D eigenvalue weighted by atomic mass is 10.2. The van der Waals surface area contributed by atoms with Crippen LogP contribution in [0.5, 0.6) is 0 Å². The molecule has 22 heavy (non-hydrogen) atoms. The largest absolute Gasteiger partial charge is 0.354 e. The molecule has 0 bridgehead atoms. The van der Waals surface area contributed by atoms with Gasteiger partial charge in [-0.2, -0.15) is 5.26 Å². The molecule has 1 amide bonds. The molecule has 6 heteroatoms. The molecule has 0 aliphatic carbocycles. The van der Waals surface area contributed by atoms with Crippen LogP contribution in [0.1, 0.15) is 29.9 Å². The number of aromatic nitrogens is 2. The van der Waals surface area contributed by atoms with E-state index in [1.807, 2.05) is 6.07 Å². The van der Waals surface area contributed by atoms with Crippen molar-refractivity contribution in [2.24, 2.45) is 5.92 Å². The zero-order valence-corrected chi connectivity index (χ0v) is 12.5. The van der Waals surface area contributed by atoms with Crippen LogP contribution >= 0.6 is 0 Å². The number of rotatable bonds is 5. The summed E-state index contributed by atoms with van der Waals surface area (Å²) < 4.78 is 0. The van der Waals surface area contributed by atoms with Gasteiger partial charge in [0.15, 0.2) is 0 Å². The number of nitrogens with one attached hydrogen (secondary N) is 2. The second kappa shape index (κ2) is 7.18. The molecule has 0 aliphatic rings. The lowest BCUT2D eigenvalue weighted by Crippen LogP contribution is -2.16. The molecule has 6 nitrogen and oxygen atoms in total. The maximum absolute atomic E-state index is 12.2. The van der Waals surface area contributed by atoms with Gasteiger partial charge < -0.3 is 10.6 Å². The van der Waals surface area contributed by atoms with Crippen LogP contribution in [0.2, 0.25) is 0 Å². The van der Waals surface area contributed by atoms with Crippen LogP contribution in [0.4, 0.5) is 11.6 Å². The van der Waals surface area contributed by atoms with E-state index in [4.69, 9.17) is 5.26 Å². The van der Waals surface area contributed by atoms with Crippen molar-refractivity contribution in [1.82, 2.24) is 9.97 Å². The van der Waals surface area contributed by atoms with Crippen molar-refractivity contribution in [2.45, 2.75) is 13.8 Å². The monoisotopic (exact) mass is 295 g/mol. The van der Waals surface area contributed by atoms with Gasteiger partial charge in [-0.25, -0.2) is 9.97 Å². The van der Waals surface area contributed by atoms with E-state index >= 15 is 0 Å². The van der Waals surface area contributed by atoms with Crippen LogP contribution in [0.3, 0.4) is 0 Å². The first-order valence-corrected chi connectivity index (χ1v) is 6.97. The highest BCUT2D eigenvalue weighted by Gasteiger charge is 2.09. The SMILES string of the molecule is CC(C)CNc1nccc(C(=O)Nc2ccc(C#N)cc2)n1. The Morgan fingerprint density at radius 2 is 2.00 bits per heavy atom. The lowest BCUT2D eigenvalue weighted by Gasteiger charge is -2.08. The van der Waals surface area contributed by atoms with Gasteiger partial charge in [0.1, 0.15) is 5.69 Å². The van der Waals surface area contributed by atoms with Crippen molar-refractivity contribution in [3.8, 4) is 6.07 Å². The van der Waals surface area contributed by atoms with Gasteiger partial charge in [0.25, 0.3) is 5.91 Å². The number of benzene rings is 1. The first-order chi connectivity index (χ1) is 10.6. The maximum Gasteiger partial charge on any atom is 0.274 e. The molecule has 1 aromatic carbocycles. The molecule has 1 heterocycles. The van der Waals surface area contributed by atoms with Gasteiger partial charge in [0.05, 0.1) is 11.6 Å². The third-order valence-electron chi connectivity index (χ3n) is 2.83. The van der Waals surface area contributed by atoms with E-state index in [-0.39, 0.29) is 11.6 Å². The fourth-order valence-corrected chi connectivity index (χ4v) is 1.69.